The van der Waals surface area contributed by atoms with E-state index in [-0.39, 0.29) is 24.1 Å². The molecule has 1 heterocycles. The lowest BCUT2D eigenvalue weighted by molar-refractivity contribution is -0.137. The fourth-order valence-corrected chi connectivity index (χ4v) is 2.83. The molecule has 24 heavy (non-hydrogen) atoms. The van der Waals surface area contributed by atoms with E-state index in [1.54, 1.807) is 36.4 Å². The van der Waals surface area contributed by atoms with Gasteiger partial charge in [0, 0.05) is 16.3 Å². The van der Waals surface area contributed by atoms with Crippen molar-refractivity contribution in [3.05, 3.63) is 74.2 Å². The van der Waals surface area contributed by atoms with Crippen LogP contribution in [0.2, 0.25) is 0 Å². The molecule has 1 aromatic heterocycles. The summed E-state index contributed by atoms with van der Waals surface area (Å²) in [6.07, 6.45) is -0.0115. The summed E-state index contributed by atoms with van der Waals surface area (Å²) < 4.78 is 15.9. The van der Waals surface area contributed by atoms with Crippen molar-refractivity contribution in [1.82, 2.24) is 9.78 Å². The fourth-order valence-electron chi connectivity index (χ4n) is 2.50. The molecule has 0 aliphatic rings. The van der Waals surface area contributed by atoms with Crippen LogP contribution >= 0.6 is 15.9 Å². The molecule has 122 valence electrons. The average Bonchev–Trinajstić information content (AvgIpc) is 2.54. The summed E-state index contributed by atoms with van der Waals surface area (Å²) in [6, 6.07) is 11.2. The second kappa shape index (κ2) is 6.52. The predicted molar refractivity (Wildman–Crippen MR) is 90.5 cm³/mol. The van der Waals surface area contributed by atoms with E-state index in [2.05, 4.69) is 21.0 Å². The molecular weight excluding hydrogens is 379 g/mol. The van der Waals surface area contributed by atoms with Gasteiger partial charge in [0.15, 0.2) is 0 Å². The molecule has 0 fully saturated rings. The molecule has 0 spiro atoms. The largest absolute Gasteiger partial charge is 0.480 e. The molecule has 7 heteroatoms. The Hall–Kier alpha value is -2.54. The monoisotopic (exact) mass is 390 g/mol. The summed E-state index contributed by atoms with van der Waals surface area (Å²) >= 11 is 3.18. The van der Waals surface area contributed by atoms with Gasteiger partial charge in [-0.25, -0.2) is 4.39 Å². The first-order valence-corrected chi connectivity index (χ1v) is 7.89. The molecule has 5 nitrogen and oxygen atoms in total. The van der Waals surface area contributed by atoms with Gasteiger partial charge >= 0.3 is 5.97 Å². The third kappa shape index (κ3) is 3.21. The van der Waals surface area contributed by atoms with Crippen molar-refractivity contribution in [1.29, 1.82) is 0 Å². The van der Waals surface area contributed by atoms with Crippen LogP contribution in [-0.2, 0) is 17.8 Å². The number of carboxylic acids is 1. The van der Waals surface area contributed by atoms with E-state index in [0.29, 0.717) is 20.9 Å². The molecule has 0 unspecified atom stereocenters. The highest BCUT2D eigenvalue weighted by Gasteiger charge is 2.14. The molecule has 0 aliphatic heterocycles. The quantitative estimate of drug-likeness (QED) is 0.743. The molecule has 0 radical (unpaired) electrons. The Labute approximate surface area is 144 Å². The summed E-state index contributed by atoms with van der Waals surface area (Å²) in [6.45, 7) is -0.378. The first-order chi connectivity index (χ1) is 11.5. The predicted octanol–water partition coefficient (Wildman–Crippen LogP) is 2.97. The average molecular weight is 391 g/mol. The van der Waals surface area contributed by atoms with Gasteiger partial charge in [-0.1, -0.05) is 34.1 Å². The van der Waals surface area contributed by atoms with E-state index in [4.69, 9.17) is 5.11 Å². The van der Waals surface area contributed by atoms with Crippen LogP contribution in [0.4, 0.5) is 4.39 Å². The number of fused-ring (bicyclic) bond motifs is 1. The zero-order chi connectivity index (χ0) is 17.3. The number of hydrogen-bond donors (Lipinski definition) is 1. The molecule has 0 saturated heterocycles. The summed E-state index contributed by atoms with van der Waals surface area (Å²) in [5.41, 5.74) is 0.538. The number of para-hydroxylation sites is 1. The van der Waals surface area contributed by atoms with E-state index >= 15 is 0 Å². The Kier molecular flexibility index (Phi) is 4.44. The number of carboxylic acid groups (broad SMARTS) is 1. The first kappa shape index (κ1) is 16.3. The number of nitrogens with zero attached hydrogens (tertiary/aromatic N) is 2. The Bertz CT molecular complexity index is 1000. The summed E-state index contributed by atoms with van der Waals surface area (Å²) in [4.78, 5) is 23.6. The standard InChI is InChI=1S/C17H12BrFN2O3/c18-11-6-5-10(13(19)8-11)7-14-17(24)12-3-1-2-4-15(12)21(20-14)9-16(22)23/h1-6,8H,7,9H2,(H,22,23). The second-order valence-electron chi connectivity index (χ2n) is 5.26. The number of aromatic nitrogens is 2. The van der Waals surface area contributed by atoms with Crippen molar-refractivity contribution in [2.24, 2.45) is 0 Å². The first-order valence-electron chi connectivity index (χ1n) is 7.10. The Balaban J connectivity index is 2.15. The number of aliphatic carboxylic acids is 1. The van der Waals surface area contributed by atoms with Crippen LogP contribution in [0.3, 0.4) is 0 Å². The number of benzene rings is 2. The van der Waals surface area contributed by atoms with Crippen LogP contribution in [-0.4, -0.2) is 20.9 Å². The molecule has 0 amide bonds. The maximum atomic E-state index is 14.0. The van der Waals surface area contributed by atoms with Crippen LogP contribution in [0, 0.1) is 5.82 Å². The Morgan fingerprint density at radius 3 is 2.71 bits per heavy atom. The van der Waals surface area contributed by atoms with E-state index in [0.717, 1.165) is 0 Å². The minimum Gasteiger partial charge on any atom is -0.480 e. The topological polar surface area (TPSA) is 72.2 Å². The Morgan fingerprint density at radius 2 is 2.00 bits per heavy atom. The van der Waals surface area contributed by atoms with Crippen LogP contribution < -0.4 is 5.43 Å². The van der Waals surface area contributed by atoms with Gasteiger partial charge in [0.2, 0.25) is 5.43 Å². The summed E-state index contributed by atoms with van der Waals surface area (Å²) in [5, 5.41) is 13.6. The second-order valence-corrected chi connectivity index (χ2v) is 6.17. The van der Waals surface area contributed by atoms with E-state index in [9.17, 15) is 14.0 Å². The van der Waals surface area contributed by atoms with Gasteiger partial charge in [0.25, 0.3) is 0 Å². The van der Waals surface area contributed by atoms with Crippen LogP contribution in [0.15, 0.2) is 51.7 Å². The lowest BCUT2D eigenvalue weighted by Crippen LogP contribution is -2.22. The van der Waals surface area contributed by atoms with E-state index < -0.39 is 11.8 Å². The van der Waals surface area contributed by atoms with Gasteiger partial charge in [-0.2, -0.15) is 5.10 Å². The normalized spacial score (nSPS) is 10.9. The van der Waals surface area contributed by atoms with Crippen LogP contribution in [0.5, 0.6) is 0 Å². The third-order valence-electron chi connectivity index (χ3n) is 3.59. The molecule has 3 aromatic rings. The van der Waals surface area contributed by atoms with Gasteiger partial charge < -0.3 is 5.11 Å². The maximum Gasteiger partial charge on any atom is 0.325 e. The van der Waals surface area contributed by atoms with Crippen molar-refractivity contribution >= 4 is 32.8 Å². The zero-order valence-corrected chi connectivity index (χ0v) is 14.0. The number of carbonyl (C=O) groups is 1. The van der Waals surface area contributed by atoms with Crippen molar-refractivity contribution in [3.8, 4) is 0 Å². The van der Waals surface area contributed by atoms with Crippen LogP contribution in [0.25, 0.3) is 10.9 Å². The minimum absolute atomic E-state index is 0.0115. The lowest BCUT2D eigenvalue weighted by Gasteiger charge is -2.10. The van der Waals surface area contributed by atoms with E-state index in [1.807, 2.05) is 0 Å². The van der Waals surface area contributed by atoms with Crippen molar-refractivity contribution in [3.63, 3.8) is 0 Å². The van der Waals surface area contributed by atoms with Crippen LogP contribution in [0.1, 0.15) is 11.3 Å². The smallest absolute Gasteiger partial charge is 0.325 e. The number of hydrogen-bond acceptors (Lipinski definition) is 3. The number of rotatable bonds is 4. The van der Waals surface area contributed by atoms with Gasteiger partial charge in [0.1, 0.15) is 18.1 Å². The van der Waals surface area contributed by atoms with Gasteiger partial charge in [-0.3, -0.25) is 14.3 Å². The van der Waals surface area contributed by atoms with E-state index in [1.165, 1.54) is 10.7 Å². The summed E-state index contributed by atoms with van der Waals surface area (Å²) in [7, 11) is 0. The lowest BCUT2D eigenvalue weighted by atomic mass is 10.1. The highest BCUT2D eigenvalue weighted by atomic mass is 79.9. The van der Waals surface area contributed by atoms with Crippen molar-refractivity contribution in [2.75, 3.05) is 0 Å². The van der Waals surface area contributed by atoms with Crippen molar-refractivity contribution in [2.45, 2.75) is 13.0 Å². The fraction of sp³-hybridized carbons (Fsp3) is 0.118. The Morgan fingerprint density at radius 1 is 1.25 bits per heavy atom. The third-order valence-corrected chi connectivity index (χ3v) is 4.08. The molecular formula is C17H12BrFN2O3. The molecule has 0 aliphatic carbocycles. The molecule has 2 aromatic carbocycles. The highest BCUT2D eigenvalue weighted by Crippen LogP contribution is 2.18. The molecule has 0 bridgehead atoms. The van der Waals surface area contributed by atoms with Gasteiger partial charge in [-0.05, 0) is 29.8 Å². The maximum absolute atomic E-state index is 14.0. The number of halogens is 2. The molecule has 3 rings (SSSR count). The molecule has 1 N–H and O–H groups in total. The van der Waals surface area contributed by atoms with Gasteiger partial charge in [-0.15, -0.1) is 0 Å². The van der Waals surface area contributed by atoms with Gasteiger partial charge in [0.05, 0.1) is 5.52 Å². The SMILES string of the molecule is O=C(O)Cn1nc(Cc2ccc(Br)cc2F)c(=O)c2ccccc21. The summed E-state index contributed by atoms with van der Waals surface area (Å²) in [5.74, 6) is -1.53. The molecule has 0 saturated carbocycles. The minimum atomic E-state index is -1.07. The van der Waals surface area contributed by atoms with Crippen molar-refractivity contribution < 1.29 is 14.3 Å². The highest BCUT2D eigenvalue weighted by molar-refractivity contribution is 9.10. The molecule has 0 atom stereocenters. The zero-order valence-electron chi connectivity index (χ0n) is 12.4.